The maximum absolute atomic E-state index is 5.75. The zero-order valence-electron chi connectivity index (χ0n) is 16.5. The third-order valence-electron chi connectivity index (χ3n) is 3.78. The highest BCUT2D eigenvalue weighted by atomic mass is 32.1. The smallest absolute Gasteiger partial charge is 0.191 e. The lowest BCUT2D eigenvalue weighted by Gasteiger charge is -2.11. The molecule has 1 aromatic carbocycles. The normalized spacial score (nSPS) is 11.4. The van der Waals surface area contributed by atoms with Crippen LogP contribution < -0.4 is 15.4 Å². The summed E-state index contributed by atoms with van der Waals surface area (Å²) in [6.07, 6.45) is 3.85. The molecule has 0 aliphatic heterocycles. The van der Waals surface area contributed by atoms with Crippen LogP contribution in [0.15, 0.2) is 35.5 Å². The molecular formula is C20H30N4O2S. The number of methoxy groups -OCH3 is 1. The monoisotopic (exact) mass is 390 g/mol. The summed E-state index contributed by atoms with van der Waals surface area (Å²) in [4.78, 5) is 10.4. The second kappa shape index (κ2) is 12.3. The molecule has 0 aliphatic carbocycles. The molecule has 0 saturated carbocycles. The molecule has 0 unspecified atom stereocenters. The van der Waals surface area contributed by atoms with Crippen molar-refractivity contribution in [1.82, 2.24) is 15.6 Å². The van der Waals surface area contributed by atoms with Crippen molar-refractivity contribution in [2.24, 2.45) is 4.99 Å². The van der Waals surface area contributed by atoms with Gasteiger partial charge in [-0.05, 0) is 31.0 Å². The van der Waals surface area contributed by atoms with E-state index in [2.05, 4.69) is 40.5 Å². The van der Waals surface area contributed by atoms with E-state index < -0.39 is 0 Å². The summed E-state index contributed by atoms with van der Waals surface area (Å²) in [6, 6.07) is 8.06. The molecule has 0 aliphatic rings. The van der Waals surface area contributed by atoms with Gasteiger partial charge < -0.3 is 20.1 Å². The number of benzene rings is 1. The number of nitrogens with one attached hydrogen (secondary N) is 2. The van der Waals surface area contributed by atoms with Gasteiger partial charge in [-0.15, -0.1) is 11.3 Å². The van der Waals surface area contributed by atoms with Crippen LogP contribution >= 0.6 is 11.3 Å². The van der Waals surface area contributed by atoms with Crippen molar-refractivity contribution >= 4 is 17.3 Å². The van der Waals surface area contributed by atoms with E-state index >= 15 is 0 Å². The molecule has 1 aromatic heterocycles. The number of thiazole rings is 1. The van der Waals surface area contributed by atoms with E-state index in [1.54, 1.807) is 18.4 Å². The first-order valence-corrected chi connectivity index (χ1v) is 10.2. The first kappa shape index (κ1) is 21.2. The third kappa shape index (κ3) is 7.97. The largest absolute Gasteiger partial charge is 0.493 e. The zero-order valence-corrected chi connectivity index (χ0v) is 17.3. The summed E-state index contributed by atoms with van der Waals surface area (Å²) in [7, 11) is 1.70. The maximum Gasteiger partial charge on any atom is 0.191 e. The molecule has 2 rings (SSSR count). The van der Waals surface area contributed by atoms with Gasteiger partial charge >= 0.3 is 0 Å². The molecule has 2 N–H and O–H groups in total. The number of aromatic nitrogens is 1. The van der Waals surface area contributed by atoms with Crippen molar-refractivity contribution < 1.29 is 9.47 Å². The van der Waals surface area contributed by atoms with Crippen molar-refractivity contribution in [2.75, 3.05) is 26.9 Å². The summed E-state index contributed by atoms with van der Waals surface area (Å²) in [5, 5.41) is 7.70. The fourth-order valence-electron chi connectivity index (χ4n) is 2.39. The Hall–Kier alpha value is -2.12. The topological polar surface area (TPSA) is 67.8 Å². The predicted molar refractivity (Wildman–Crippen MR) is 112 cm³/mol. The van der Waals surface area contributed by atoms with Gasteiger partial charge in [0.15, 0.2) is 5.96 Å². The third-order valence-corrected chi connectivity index (χ3v) is 4.92. The van der Waals surface area contributed by atoms with E-state index in [1.807, 2.05) is 24.4 Å². The minimum atomic E-state index is 0.586. The van der Waals surface area contributed by atoms with Gasteiger partial charge in [-0.2, -0.15) is 0 Å². The molecule has 6 nitrogen and oxygen atoms in total. The lowest BCUT2D eigenvalue weighted by molar-refractivity contribution is 0.172. The second-order valence-corrected chi connectivity index (χ2v) is 7.16. The Morgan fingerprint density at radius 2 is 2.11 bits per heavy atom. The van der Waals surface area contributed by atoms with E-state index in [9.17, 15) is 0 Å². The first-order chi connectivity index (χ1) is 13.2. The number of guanidine groups is 1. The zero-order chi connectivity index (χ0) is 19.3. The van der Waals surface area contributed by atoms with Crippen molar-refractivity contribution in [1.29, 1.82) is 0 Å². The Labute approximate surface area is 166 Å². The number of aryl methyl sites for hydroxylation is 1. The lowest BCUT2D eigenvalue weighted by Crippen LogP contribution is -2.36. The van der Waals surface area contributed by atoms with Crippen molar-refractivity contribution in [2.45, 2.75) is 39.8 Å². The van der Waals surface area contributed by atoms with Crippen LogP contribution in [0.5, 0.6) is 5.75 Å². The van der Waals surface area contributed by atoms with E-state index in [-0.39, 0.29) is 0 Å². The highest BCUT2D eigenvalue weighted by Gasteiger charge is 2.03. The average Bonchev–Trinajstić information content (AvgIpc) is 3.16. The standard InChI is InChI=1S/C20H30N4O2S/c1-4-18-14-22-19(27-18)15-24-20(21-5-2)23-13-16-8-6-9-17(12-16)26-11-7-10-25-3/h6,8-9,12,14H,4-5,7,10-11,13,15H2,1-3H3,(H2,21,23,24). The van der Waals surface area contributed by atoms with Crippen LogP contribution in [-0.2, 0) is 24.2 Å². The highest BCUT2D eigenvalue weighted by Crippen LogP contribution is 2.15. The molecule has 148 valence electrons. The van der Waals surface area contributed by atoms with Gasteiger partial charge in [0.1, 0.15) is 10.8 Å². The molecule has 0 fully saturated rings. The maximum atomic E-state index is 5.75. The average molecular weight is 391 g/mol. The van der Waals surface area contributed by atoms with Crippen molar-refractivity contribution in [3.05, 3.63) is 45.9 Å². The van der Waals surface area contributed by atoms with Gasteiger partial charge in [0, 0.05) is 37.8 Å². The minimum Gasteiger partial charge on any atom is -0.493 e. The number of hydrogen-bond donors (Lipinski definition) is 2. The summed E-state index contributed by atoms with van der Waals surface area (Å²) in [5.41, 5.74) is 1.11. The van der Waals surface area contributed by atoms with Crippen LogP contribution in [0.2, 0.25) is 0 Å². The summed E-state index contributed by atoms with van der Waals surface area (Å²) in [5.74, 6) is 1.66. The van der Waals surface area contributed by atoms with Gasteiger partial charge in [0.25, 0.3) is 0 Å². The van der Waals surface area contributed by atoms with Crippen LogP contribution in [0, 0.1) is 0 Å². The number of rotatable bonds is 11. The SMILES string of the molecule is CCNC(=NCc1cccc(OCCCOC)c1)NCc1ncc(CC)s1. The quantitative estimate of drug-likeness (QED) is 0.350. The molecule has 27 heavy (non-hydrogen) atoms. The number of ether oxygens (including phenoxy) is 2. The molecule has 0 spiro atoms. The van der Waals surface area contributed by atoms with Crippen LogP contribution in [0.1, 0.15) is 35.7 Å². The number of aliphatic imine (C=N–C) groups is 1. The number of nitrogens with zero attached hydrogens (tertiary/aromatic N) is 2. The Balaban J connectivity index is 1.89. The van der Waals surface area contributed by atoms with E-state index in [1.165, 1.54) is 4.88 Å². The van der Waals surface area contributed by atoms with E-state index in [4.69, 9.17) is 9.47 Å². The van der Waals surface area contributed by atoms with Gasteiger partial charge in [0.05, 0.1) is 19.7 Å². The van der Waals surface area contributed by atoms with E-state index in [0.29, 0.717) is 26.3 Å². The Morgan fingerprint density at radius 1 is 1.22 bits per heavy atom. The summed E-state index contributed by atoms with van der Waals surface area (Å²) in [6.45, 7) is 7.64. The highest BCUT2D eigenvalue weighted by molar-refractivity contribution is 7.11. The van der Waals surface area contributed by atoms with Crippen LogP contribution in [0.4, 0.5) is 0 Å². The van der Waals surface area contributed by atoms with Crippen LogP contribution in [0.25, 0.3) is 0 Å². The second-order valence-electron chi connectivity index (χ2n) is 5.96. The Bertz CT molecular complexity index is 703. The van der Waals surface area contributed by atoms with Gasteiger partial charge in [-0.1, -0.05) is 19.1 Å². The first-order valence-electron chi connectivity index (χ1n) is 9.41. The minimum absolute atomic E-state index is 0.586. The molecule has 0 bridgehead atoms. The van der Waals surface area contributed by atoms with Gasteiger partial charge in [-0.25, -0.2) is 9.98 Å². The summed E-state index contributed by atoms with van der Waals surface area (Å²) < 4.78 is 10.8. The summed E-state index contributed by atoms with van der Waals surface area (Å²) >= 11 is 1.74. The van der Waals surface area contributed by atoms with Gasteiger partial charge in [-0.3, -0.25) is 0 Å². The molecule has 0 amide bonds. The molecule has 2 aromatic rings. The predicted octanol–water partition coefficient (Wildman–Crippen LogP) is 3.38. The molecular weight excluding hydrogens is 360 g/mol. The van der Waals surface area contributed by atoms with Crippen molar-refractivity contribution in [3.8, 4) is 5.75 Å². The number of hydrogen-bond acceptors (Lipinski definition) is 5. The van der Waals surface area contributed by atoms with Crippen LogP contribution in [-0.4, -0.2) is 37.8 Å². The Kier molecular flexibility index (Phi) is 9.65. The molecule has 0 saturated heterocycles. The Morgan fingerprint density at radius 3 is 2.85 bits per heavy atom. The molecule has 0 radical (unpaired) electrons. The van der Waals surface area contributed by atoms with Crippen LogP contribution in [0.3, 0.4) is 0 Å². The van der Waals surface area contributed by atoms with E-state index in [0.717, 1.165) is 41.7 Å². The van der Waals surface area contributed by atoms with Gasteiger partial charge in [0.2, 0.25) is 0 Å². The fraction of sp³-hybridized carbons (Fsp3) is 0.500. The lowest BCUT2D eigenvalue weighted by atomic mass is 10.2. The fourth-order valence-corrected chi connectivity index (χ4v) is 3.19. The van der Waals surface area contributed by atoms with Crippen molar-refractivity contribution in [3.63, 3.8) is 0 Å². The molecule has 1 heterocycles. The molecule has 0 atom stereocenters. The molecule has 7 heteroatoms.